The van der Waals surface area contributed by atoms with E-state index in [0.29, 0.717) is 25.4 Å². The number of carbonyl (C=O) groups is 1. The van der Waals surface area contributed by atoms with Gasteiger partial charge in [-0.3, -0.25) is 4.79 Å². The predicted octanol–water partition coefficient (Wildman–Crippen LogP) is 6.91. The lowest BCUT2D eigenvalue weighted by atomic mass is 9.84. The molecule has 0 radical (unpaired) electrons. The maximum Gasteiger partial charge on any atom is 0.282 e. The molecule has 1 atom stereocenters. The number of benzene rings is 1. The van der Waals surface area contributed by atoms with Gasteiger partial charge in [0.05, 0.1) is 11.7 Å². The summed E-state index contributed by atoms with van der Waals surface area (Å²) in [4.78, 5) is 12.9. The summed E-state index contributed by atoms with van der Waals surface area (Å²) >= 11 is 0. The molecule has 7 heteroatoms. The molecular weight excluding hydrogens is 470 g/mol. The van der Waals surface area contributed by atoms with Gasteiger partial charge in [0.2, 0.25) is 0 Å². The highest BCUT2D eigenvalue weighted by molar-refractivity contribution is 5.96. The van der Waals surface area contributed by atoms with E-state index in [1.54, 1.807) is 35.2 Å². The first-order chi connectivity index (χ1) is 17.0. The average molecular weight is 524 g/mol. The molecule has 0 spiro atoms. The van der Waals surface area contributed by atoms with E-state index in [2.05, 4.69) is 46.9 Å². The SMILES string of the molecule is COC(CCC(C)(C)CCOC(C)(C)CC(C)OC(C)(C)C(=O)Nc1ccc(C(C)C)cc1)(OC)OC. The van der Waals surface area contributed by atoms with Crippen LogP contribution in [0.3, 0.4) is 0 Å². The fourth-order valence-corrected chi connectivity index (χ4v) is 4.36. The number of nitrogens with one attached hydrogen (secondary N) is 1. The summed E-state index contributed by atoms with van der Waals surface area (Å²) in [5.74, 6) is -0.735. The summed E-state index contributed by atoms with van der Waals surface area (Å²) in [6.45, 7) is 19.0. The van der Waals surface area contributed by atoms with Gasteiger partial charge in [-0.1, -0.05) is 39.8 Å². The Kier molecular flexibility index (Phi) is 12.7. The molecule has 0 heterocycles. The minimum atomic E-state index is -1.01. The lowest BCUT2D eigenvalue weighted by Crippen LogP contribution is -2.43. The standard InChI is InChI=1S/C30H53NO6/c1-22(2)24-13-15-25(16-14-24)31-26(32)29(8,9)37-23(3)21-28(6,7)36-20-19-27(4,5)17-18-30(33-10,34-11)35-12/h13-16,22-23H,17-21H2,1-12H3,(H,31,32). The third-order valence-electron chi connectivity index (χ3n) is 6.97. The largest absolute Gasteiger partial charge is 0.375 e. The molecule has 1 amide bonds. The second-order valence-corrected chi connectivity index (χ2v) is 12.2. The minimum absolute atomic E-state index is 0.0203. The fourth-order valence-electron chi connectivity index (χ4n) is 4.36. The number of methoxy groups -OCH3 is 3. The molecule has 214 valence electrons. The molecule has 37 heavy (non-hydrogen) atoms. The molecule has 1 rings (SSSR count). The third-order valence-corrected chi connectivity index (χ3v) is 6.97. The van der Waals surface area contributed by atoms with E-state index in [9.17, 15) is 4.79 Å². The van der Waals surface area contributed by atoms with E-state index in [1.165, 1.54) is 5.56 Å². The predicted molar refractivity (Wildman–Crippen MR) is 150 cm³/mol. The number of rotatable bonds is 17. The molecule has 0 fully saturated rings. The van der Waals surface area contributed by atoms with Crippen LogP contribution in [0.2, 0.25) is 0 Å². The lowest BCUT2D eigenvalue weighted by Gasteiger charge is -2.35. The number of amides is 1. The van der Waals surface area contributed by atoms with Gasteiger partial charge < -0.3 is 29.0 Å². The van der Waals surface area contributed by atoms with E-state index in [-0.39, 0.29) is 17.4 Å². The van der Waals surface area contributed by atoms with Crippen LogP contribution in [0.4, 0.5) is 5.69 Å². The molecule has 0 aliphatic heterocycles. The van der Waals surface area contributed by atoms with E-state index in [1.807, 2.05) is 31.2 Å². The van der Waals surface area contributed by atoms with Crippen LogP contribution in [0.5, 0.6) is 0 Å². The molecular formula is C30H53NO6. The molecule has 1 unspecified atom stereocenters. The summed E-state index contributed by atoms with van der Waals surface area (Å²) in [5.41, 5.74) is 0.644. The highest BCUT2D eigenvalue weighted by atomic mass is 16.9. The van der Waals surface area contributed by atoms with Crippen LogP contribution in [0.25, 0.3) is 0 Å². The van der Waals surface area contributed by atoms with E-state index in [4.69, 9.17) is 23.7 Å². The van der Waals surface area contributed by atoms with Crippen molar-refractivity contribution in [2.45, 2.75) is 117 Å². The number of hydrogen-bond donors (Lipinski definition) is 1. The first-order valence-corrected chi connectivity index (χ1v) is 13.4. The summed E-state index contributed by atoms with van der Waals surface area (Å²) in [6.07, 6.45) is 2.85. The van der Waals surface area contributed by atoms with Crippen LogP contribution in [0, 0.1) is 5.41 Å². The summed E-state index contributed by atoms with van der Waals surface area (Å²) in [6, 6.07) is 7.96. The smallest absolute Gasteiger partial charge is 0.282 e. The normalized spacial score (nSPS) is 14.2. The molecule has 0 bridgehead atoms. The number of hydrogen-bond acceptors (Lipinski definition) is 6. The summed E-state index contributed by atoms with van der Waals surface area (Å²) in [7, 11) is 4.76. The Morgan fingerprint density at radius 2 is 1.38 bits per heavy atom. The Balaban J connectivity index is 2.56. The lowest BCUT2D eigenvalue weighted by molar-refractivity contribution is -0.356. The van der Waals surface area contributed by atoms with Gasteiger partial charge in [-0.15, -0.1) is 0 Å². The van der Waals surface area contributed by atoms with Gasteiger partial charge in [0, 0.05) is 46.5 Å². The van der Waals surface area contributed by atoms with Crippen LogP contribution in [-0.2, 0) is 28.5 Å². The first-order valence-electron chi connectivity index (χ1n) is 13.4. The fraction of sp³-hybridized carbons (Fsp3) is 0.767. The molecule has 0 saturated heterocycles. The highest BCUT2D eigenvalue weighted by Gasteiger charge is 2.35. The van der Waals surface area contributed by atoms with Crippen molar-refractivity contribution in [1.29, 1.82) is 0 Å². The van der Waals surface area contributed by atoms with Crippen LogP contribution < -0.4 is 5.32 Å². The summed E-state index contributed by atoms with van der Waals surface area (Å²) in [5, 5.41) is 2.98. The van der Waals surface area contributed by atoms with Crippen LogP contribution in [-0.4, -0.2) is 57.1 Å². The van der Waals surface area contributed by atoms with Crippen molar-refractivity contribution >= 4 is 11.6 Å². The molecule has 1 aromatic carbocycles. The van der Waals surface area contributed by atoms with Gasteiger partial charge in [-0.2, -0.15) is 0 Å². The van der Waals surface area contributed by atoms with Crippen LogP contribution in [0.15, 0.2) is 24.3 Å². The Labute approximate surface area is 225 Å². The molecule has 0 aromatic heterocycles. The van der Waals surface area contributed by atoms with E-state index < -0.39 is 17.2 Å². The second kappa shape index (κ2) is 14.0. The number of anilines is 1. The zero-order chi connectivity index (χ0) is 28.5. The Morgan fingerprint density at radius 1 is 0.838 bits per heavy atom. The number of ether oxygens (including phenoxy) is 5. The van der Waals surface area contributed by atoms with Gasteiger partial charge in [0.15, 0.2) is 0 Å². The molecule has 1 aromatic rings. The third kappa shape index (κ3) is 11.4. The first kappa shape index (κ1) is 33.5. The van der Waals surface area contributed by atoms with Crippen LogP contribution in [0.1, 0.15) is 99.5 Å². The maximum atomic E-state index is 12.9. The maximum absolute atomic E-state index is 12.9. The van der Waals surface area contributed by atoms with Gasteiger partial charge >= 0.3 is 0 Å². The van der Waals surface area contributed by atoms with Crippen molar-refractivity contribution in [3.05, 3.63) is 29.8 Å². The van der Waals surface area contributed by atoms with Crippen molar-refractivity contribution in [1.82, 2.24) is 0 Å². The van der Waals surface area contributed by atoms with Gasteiger partial charge in [-0.05, 0) is 76.5 Å². The van der Waals surface area contributed by atoms with E-state index >= 15 is 0 Å². The van der Waals surface area contributed by atoms with Crippen molar-refractivity contribution in [3.8, 4) is 0 Å². The monoisotopic (exact) mass is 523 g/mol. The van der Waals surface area contributed by atoms with Crippen molar-refractivity contribution in [2.24, 2.45) is 5.41 Å². The van der Waals surface area contributed by atoms with Crippen molar-refractivity contribution in [2.75, 3.05) is 33.3 Å². The molecule has 0 saturated carbocycles. The van der Waals surface area contributed by atoms with E-state index in [0.717, 1.165) is 18.5 Å². The average Bonchev–Trinajstić information content (AvgIpc) is 2.79. The molecule has 0 aliphatic rings. The van der Waals surface area contributed by atoms with Crippen molar-refractivity contribution in [3.63, 3.8) is 0 Å². The van der Waals surface area contributed by atoms with Gasteiger partial charge in [0.25, 0.3) is 11.9 Å². The minimum Gasteiger partial charge on any atom is -0.375 e. The Hall–Kier alpha value is -1.51. The zero-order valence-corrected chi connectivity index (χ0v) is 25.4. The highest BCUT2D eigenvalue weighted by Crippen LogP contribution is 2.33. The number of carbonyl (C=O) groups excluding carboxylic acids is 1. The summed E-state index contributed by atoms with van der Waals surface area (Å²) < 4.78 is 28.7. The molecule has 0 aliphatic carbocycles. The van der Waals surface area contributed by atoms with Gasteiger partial charge in [-0.25, -0.2) is 0 Å². The Bertz CT molecular complexity index is 804. The topological polar surface area (TPSA) is 75.3 Å². The zero-order valence-electron chi connectivity index (χ0n) is 25.4. The quantitative estimate of drug-likeness (QED) is 0.224. The Morgan fingerprint density at radius 3 is 1.86 bits per heavy atom. The molecule has 1 N–H and O–H groups in total. The molecule has 7 nitrogen and oxygen atoms in total. The second-order valence-electron chi connectivity index (χ2n) is 12.2. The van der Waals surface area contributed by atoms with Crippen LogP contribution >= 0.6 is 0 Å². The van der Waals surface area contributed by atoms with Crippen molar-refractivity contribution < 1.29 is 28.5 Å². The van der Waals surface area contributed by atoms with Gasteiger partial charge in [0.1, 0.15) is 5.60 Å².